The lowest BCUT2D eigenvalue weighted by Gasteiger charge is -2.46. The molecule has 3 nitrogen and oxygen atoms in total. The van der Waals surface area contributed by atoms with E-state index in [0.717, 1.165) is 33.3 Å². The Kier molecular flexibility index (Phi) is 7.99. The molecule has 2 aliphatic heterocycles. The molecule has 7 aromatic carbocycles. The first-order valence-corrected chi connectivity index (χ1v) is 20.8. The Balaban J connectivity index is 1.37. The lowest BCUT2D eigenvalue weighted by atomic mass is 9.43. The second-order valence-corrected chi connectivity index (χ2v) is 19.5. The Morgan fingerprint density at radius 3 is 1.83 bits per heavy atom. The zero-order valence-corrected chi connectivity index (χ0v) is 35.2. The van der Waals surface area contributed by atoms with Gasteiger partial charge in [-0.1, -0.05) is 165 Å². The zero-order chi connectivity index (χ0) is 40.3. The fourth-order valence-electron chi connectivity index (χ4n) is 9.31. The number of hydrogen-bond donors (Lipinski definition) is 0. The summed E-state index contributed by atoms with van der Waals surface area (Å²) in [5.41, 5.74) is 18.9. The second-order valence-electron chi connectivity index (χ2n) is 19.5. The molecular formula is C54H51BN2O. The maximum absolute atomic E-state index is 7.08. The smallest absolute Gasteiger partial charge is 0.333 e. The Labute approximate surface area is 344 Å². The minimum absolute atomic E-state index is 0.0307. The number of rotatable bonds is 3. The molecule has 2 aliphatic rings. The third-order valence-electron chi connectivity index (χ3n) is 12.5. The Morgan fingerprint density at radius 2 is 1.10 bits per heavy atom. The molecule has 1 aromatic heterocycles. The maximum Gasteiger partial charge on any atom is 0.333 e. The van der Waals surface area contributed by atoms with Crippen molar-refractivity contribution in [3.63, 3.8) is 0 Å². The zero-order valence-electron chi connectivity index (χ0n) is 35.2. The minimum Gasteiger partial charge on any atom is -0.454 e. The Hall–Kier alpha value is -6.00. The first-order chi connectivity index (χ1) is 27.7. The topological polar surface area (TPSA) is 19.6 Å². The van der Waals surface area contributed by atoms with Crippen LogP contribution >= 0.6 is 0 Å². The fraction of sp³-hybridized carbons (Fsp3) is 0.222. The highest BCUT2D eigenvalue weighted by molar-refractivity contribution is 6.94. The van der Waals surface area contributed by atoms with Gasteiger partial charge < -0.3 is 14.1 Å². The van der Waals surface area contributed by atoms with Crippen molar-refractivity contribution in [3.8, 4) is 22.3 Å². The van der Waals surface area contributed by atoms with Crippen LogP contribution in [-0.2, 0) is 16.2 Å². The Morgan fingerprint density at radius 1 is 0.466 bits per heavy atom. The van der Waals surface area contributed by atoms with Crippen molar-refractivity contribution in [2.24, 2.45) is 0 Å². The van der Waals surface area contributed by atoms with E-state index in [0.29, 0.717) is 0 Å². The highest BCUT2D eigenvalue weighted by Crippen LogP contribution is 2.52. The van der Waals surface area contributed by atoms with Crippen molar-refractivity contribution >= 4 is 68.1 Å². The highest BCUT2D eigenvalue weighted by atomic mass is 16.3. The first-order valence-electron chi connectivity index (χ1n) is 20.8. The predicted molar refractivity (Wildman–Crippen MR) is 249 cm³/mol. The lowest BCUT2D eigenvalue weighted by Crippen LogP contribution is -2.61. The quantitative estimate of drug-likeness (QED) is 0.168. The van der Waals surface area contributed by atoms with Crippen LogP contribution in [0.15, 0.2) is 150 Å². The predicted octanol–water partition coefficient (Wildman–Crippen LogP) is 13.9. The number of anilines is 5. The van der Waals surface area contributed by atoms with E-state index in [-0.39, 0.29) is 23.1 Å². The highest BCUT2D eigenvalue weighted by Gasteiger charge is 2.47. The monoisotopic (exact) mass is 754 g/mol. The molecule has 286 valence electrons. The normalized spacial score (nSPS) is 13.8. The van der Waals surface area contributed by atoms with E-state index in [1.807, 2.05) is 0 Å². The molecule has 0 spiro atoms. The van der Waals surface area contributed by atoms with Crippen LogP contribution < -0.4 is 20.6 Å². The summed E-state index contributed by atoms with van der Waals surface area (Å²) in [5, 5.41) is 2.25. The van der Waals surface area contributed by atoms with E-state index in [1.54, 1.807) is 0 Å². The SMILES string of the molecule is CC(C)(C)c1ccc(N2B3c4ccc5c(oc6ccccc65)c4N(c4ccc(C(C)(C)C)cc4-c4ccccc4)c4cc(C(C)(C)C)cc(c43)-c3ccccc32)cc1. The number of furan rings is 1. The van der Waals surface area contributed by atoms with Gasteiger partial charge in [0.25, 0.3) is 0 Å². The van der Waals surface area contributed by atoms with Crippen molar-refractivity contribution in [3.05, 3.63) is 162 Å². The number of fused-ring (bicyclic) bond motifs is 8. The van der Waals surface area contributed by atoms with Gasteiger partial charge in [0.15, 0.2) is 5.58 Å². The fourth-order valence-corrected chi connectivity index (χ4v) is 9.31. The van der Waals surface area contributed by atoms with Crippen LogP contribution in [-0.4, -0.2) is 6.85 Å². The molecule has 0 unspecified atom stereocenters. The molecule has 0 fully saturated rings. The van der Waals surface area contributed by atoms with Gasteiger partial charge >= 0.3 is 6.85 Å². The third-order valence-corrected chi connectivity index (χ3v) is 12.5. The van der Waals surface area contributed by atoms with Gasteiger partial charge in [-0.15, -0.1) is 0 Å². The molecule has 0 aliphatic carbocycles. The summed E-state index contributed by atoms with van der Waals surface area (Å²) < 4.78 is 7.08. The van der Waals surface area contributed by atoms with Crippen molar-refractivity contribution in [1.29, 1.82) is 0 Å². The van der Waals surface area contributed by atoms with E-state index in [4.69, 9.17) is 4.42 Å². The van der Waals surface area contributed by atoms with Crippen LogP contribution in [0.2, 0.25) is 0 Å². The molecule has 0 N–H and O–H groups in total. The lowest BCUT2D eigenvalue weighted by molar-refractivity contribution is 0.590. The molecule has 10 rings (SSSR count). The molecule has 8 aromatic rings. The molecule has 0 amide bonds. The third kappa shape index (κ3) is 5.63. The molecule has 0 saturated carbocycles. The van der Waals surface area contributed by atoms with E-state index >= 15 is 0 Å². The molecule has 0 saturated heterocycles. The summed E-state index contributed by atoms with van der Waals surface area (Å²) in [6, 6.07) is 54.5. The summed E-state index contributed by atoms with van der Waals surface area (Å²) in [4.78, 5) is 5.16. The largest absolute Gasteiger partial charge is 0.454 e. The van der Waals surface area contributed by atoms with Gasteiger partial charge in [0.05, 0.1) is 11.4 Å². The Bertz CT molecular complexity index is 2900. The first kappa shape index (κ1) is 36.4. The van der Waals surface area contributed by atoms with Gasteiger partial charge in [-0.3, -0.25) is 0 Å². The average molecular weight is 755 g/mol. The van der Waals surface area contributed by atoms with Crippen LogP contribution in [0, 0.1) is 0 Å². The molecule has 0 bridgehead atoms. The van der Waals surface area contributed by atoms with Gasteiger partial charge in [-0.2, -0.15) is 0 Å². The number of para-hydroxylation sites is 2. The van der Waals surface area contributed by atoms with Gasteiger partial charge in [0, 0.05) is 39.0 Å². The van der Waals surface area contributed by atoms with E-state index in [2.05, 4.69) is 218 Å². The molecule has 0 radical (unpaired) electrons. The molecule has 3 heterocycles. The van der Waals surface area contributed by atoms with E-state index in [9.17, 15) is 0 Å². The number of hydrogen-bond acceptors (Lipinski definition) is 3. The van der Waals surface area contributed by atoms with Crippen LogP contribution in [0.25, 0.3) is 44.2 Å². The average Bonchev–Trinajstić information content (AvgIpc) is 3.59. The molecule has 4 heteroatoms. The maximum atomic E-state index is 7.08. The minimum atomic E-state index is -0.118. The number of benzene rings is 7. The standard InChI is InChI=1S/C54H51BN2O/c1-52(2,3)35-23-26-38(27-24-35)57-46-21-15-13-19-39(46)43-32-37(54(7,8)9)33-47-49(43)55(57)44-29-28-41-40-20-14-16-22-48(40)58-51(41)50(44)56(47)45-30-25-36(53(4,5)6)31-42(45)34-17-11-10-12-18-34/h10-33H,1-9H3. The molecular weight excluding hydrogens is 703 g/mol. The summed E-state index contributed by atoms with van der Waals surface area (Å²) >= 11 is 0. The summed E-state index contributed by atoms with van der Waals surface area (Å²) in [6.45, 7) is 20.7. The van der Waals surface area contributed by atoms with E-state index < -0.39 is 0 Å². The molecule has 0 atom stereocenters. The van der Waals surface area contributed by atoms with Crippen LogP contribution in [0.5, 0.6) is 0 Å². The van der Waals surface area contributed by atoms with Crippen LogP contribution in [0.3, 0.4) is 0 Å². The van der Waals surface area contributed by atoms with Crippen LogP contribution in [0.4, 0.5) is 28.4 Å². The van der Waals surface area contributed by atoms with Crippen molar-refractivity contribution in [1.82, 2.24) is 0 Å². The van der Waals surface area contributed by atoms with Gasteiger partial charge in [-0.05, 0) is 97.5 Å². The molecule has 58 heavy (non-hydrogen) atoms. The van der Waals surface area contributed by atoms with Crippen molar-refractivity contribution in [2.45, 2.75) is 78.6 Å². The second kappa shape index (κ2) is 12.8. The van der Waals surface area contributed by atoms with Gasteiger partial charge in [0.1, 0.15) is 5.58 Å². The number of nitrogens with zero attached hydrogens (tertiary/aromatic N) is 2. The van der Waals surface area contributed by atoms with E-state index in [1.165, 1.54) is 66.9 Å². The van der Waals surface area contributed by atoms with Gasteiger partial charge in [-0.25, -0.2) is 0 Å². The summed E-state index contributed by atoms with van der Waals surface area (Å²) in [5.74, 6) is 0. The van der Waals surface area contributed by atoms with Crippen molar-refractivity contribution in [2.75, 3.05) is 9.71 Å². The van der Waals surface area contributed by atoms with Crippen molar-refractivity contribution < 1.29 is 4.42 Å². The van der Waals surface area contributed by atoms with Crippen LogP contribution in [0.1, 0.15) is 79.0 Å². The summed E-state index contributed by atoms with van der Waals surface area (Å²) in [7, 11) is 0. The summed E-state index contributed by atoms with van der Waals surface area (Å²) in [6.07, 6.45) is 0. The van der Waals surface area contributed by atoms with Gasteiger partial charge in [0.2, 0.25) is 0 Å².